The lowest BCUT2D eigenvalue weighted by atomic mass is 10.2. The van der Waals surface area contributed by atoms with Gasteiger partial charge in [0.1, 0.15) is 12.1 Å². The van der Waals surface area contributed by atoms with Gasteiger partial charge >= 0.3 is 0 Å². The van der Waals surface area contributed by atoms with Crippen molar-refractivity contribution in [3.63, 3.8) is 0 Å². The van der Waals surface area contributed by atoms with E-state index in [9.17, 15) is 0 Å². The second kappa shape index (κ2) is 6.58. The number of rotatable bonds is 6. The molecule has 2 aromatic rings. The molecule has 0 spiro atoms. The second-order valence-electron chi connectivity index (χ2n) is 6.09. The first-order chi connectivity index (χ1) is 10.6. The number of nitrogens with zero attached hydrogens (tertiary/aromatic N) is 6. The first-order valence-corrected chi connectivity index (χ1v) is 7.79. The summed E-state index contributed by atoms with van der Waals surface area (Å²) in [6.07, 6.45) is 6.04. The first-order valence-electron chi connectivity index (χ1n) is 7.79. The quantitative estimate of drug-likeness (QED) is 0.790. The van der Waals surface area contributed by atoms with E-state index in [4.69, 9.17) is 4.74 Å². The molecule has 7 heteroatoms. The molecule has 1 atom stereocenters. The molecule has 0 unspecified atom stereocenters. The van der Waals surface area contributed by atoms with E-state index in [1.165, 1.54) is 0 Å². The monoisotopic (exact) mass is 304 g/mol. The highest BCUT2D eigenvalue weighted by molar-refractivity contribution is 5.86. The SMILES string of the molecule is CN(C)CCN(C[C@H]1CCCO1)c1ncnc2c1cnn2C. The Kier molecular flexibility index (Phi) is 4.54. The molecule has 0 bridgehead atoms. The summed E-state index contributed by atoms with van der Waals surface area (Å²) in [7, 11) is 6.08. The fourth-order valence-electron chi connectivity index (χ4n) is 2.84. The molecule has 0 saturated carbocycles. The van der Waals surface area contributed by atoms with Gasteiger partial charge in [0, 0.05) is 33.3 Å². The molecule has 0 amide bonds. The van der Waals surface area contributed by atoms with Gasteiger partial charge in [-0.15, -0.1) is 0 Å². The van der Waals surface area contributed by atoms with Crippen LogP contribution < -0.4 is 4.90 Å². The van der Waals surface area contributed by atoms with Gasteiger partial charge in [-0.2, -0.15) is 5.10 Å². The third-order valence-electron chi connectivity index (χ3n) is 4.07. The van der Waals surface area contributed by atoms with E-state index in [1.54, 1.807) is 11.0 Å². The molecule has 22 heavy (non-hydrogen) atoms. The second-order valence-corrected chi connectivity index (χ2v) is 6.09. The molecule has 3 rings (SSSR count). The van der Waals surface area contributed by atoms with Crippen molar-refractivity contribution in [2.45, 2.75) is 18.9 Å². The Morgan fingerprint density at radius 2 is 2.18 bits per heavy atom. The predicted molar refractivity (Wildman–Crippen MR) is 86.0 cm³/mol. The van der Waals surface area contributed by atoms with Crippen molar-refractivity contribution in [3.05, 3.63) is 12.5 Å². The molecular weight excluding hydrogens is 280 g/mol. The Labute approximate surface area is 130 Å². The Morgan fingerprint density at radius 3 is 2.91 bits per heavy atom. The van der Waals surface area contributed by atoms with E-state index >= 15 is 0 Å². The van der Waals surface area contributed by atoms with E-state index in [1.807, 2.05) is 13.2 Å². The Hall–Kier alpha value is -1.73. The molecule has 7 nitrogen and oxygen atoms in total. The highest BCUT2D eigenvalue weighted by atomic mass is 16.5. The summed E-state index contributed by atoms with van der Waals surface area (Å²) >= 11 is 0. The fourth-order valence-corrected chi connectivity index (χ4v) is 2.84. The van der Waals surface area contributed by atoms with Crippen LogP contribution in [-0.2, 0) is 11.8 Å². The number of ether oxygens (including phenoxy) is 1. The van der Waals surface area contributed by atoms with Crippen molar-refractivity contribution in [1.82, 2.24) is 24.6 Å². The van der Waals surface area contributed by atoms with Crippen LogP contribution in [0.1, 0.15) is 12.8 Å². The Bertz CT molecular complexity index is 620. The zero-order chi connectivity index (χ0) is 15.5. The van der Waals surface area contributed by atoms with Gasteiger partial charge in [-0.05, 0) is 26.9 Å². The summed E-state index contributed by atoms with van der Waals surface area (Å²) in [6.45, 7) is 3.62. The number of anilines is 1. The van der Waals surface area contributed by atoms with Crippen LogP contribution in [0.25, 0.3) is 11.0 Å². The van der Waals surface area contributed by atoms with Crippen LogP contribution in [0.3, 0.4) is 0 Å². The normalized spacial score (nSPS) is 18.5. The molecule has 1 aliphatic rings. The van der Waals surface area contributed by atoms with Crippen molar-refractivity contribution >= 4 is 16.9 Å². The van der Waals surface area contributed by atoms with Crippen molar-refractivity contribution < 1.29 is 4.74 Å². The maximum Gasteiger partial charge on any atom is 0.163 e. The lowest BCUT2D eigenvalue weighted by Crippen LogP contribution is -2.37. The van der Waals surface area contributed by atoms with Gasteiger partial charge in [-0.25, -0.2) is 9.97 Å². The number of aryl methyl sites for hydroxylation is 1. The zero-order valence-corrected chi connectivity index (χ0v) is 13.6. The largest absolute Gasteiger partial charge is 0.376 e. The smallest absolute Gasteiger partial charge is 0.163 e. The number of hydrogen-bond donors (Lipinski definition) is 0. The molecular formula is C15H24N6O. The van der Waals surface area contributed by atoms with Gasteiger partial charge in [0.15, 0.2) is 5.65 Å². The molecule has 2 aromatic heterocycles. The summed E-state index contributed by atoms with van der Waals surface area (Å²) < 4.78 is 7.60. The molecule has 120 valence electrons. The van der Waals surface area contributed by atoms with Crippen molar-refractivity contribution in [1.29, 1.82) is 0 Å². The molecule has 1 saturated heterocycles. The van der Waals surface area contributed by atoms with E-state index < -0.39 is 0 Å². The van der Waals surface area contributed by atoms with Gasteiger partial charge in [-0.1, -0.05) is 0 Å². The minimum Gasteiger partial charge on any atom is -0.376 e. The van der Waals surface area contributed by atoms with Gasteiger partial charge in [0.2, 0.25) is 0 Å². The summed E-state index contributed by atoms with van der Waals surface area (Å²) in [5.74, 6) is 0.954. The number of aromatic nitrogens is 4. The number of likely N-dealkylation sites (N-methyl/N-ethyl adjacent to an activating group) is 1. The molecule has 0 aromatic carbocycles. The summed E-state index contributed by atoms with van der Waals surface area (Å²) in [5, 5.41) is 5.31. The lowest BCUT2D eigenvalue weighted by molar-refractivity contribution is 0.115. The molecule has 1 fully saturated rings. The summed E-state index contributed by atoms with van der Waals surface area (Å²) in [5.41, 5.74) is 0.868. The van der Waals surface area contributed by atoms with Crippen LogP contribution in [0.2, 0.25) is 0 Å². The van der Waals surface area contributed by atoms with Crippen LogP contribution in [0, 0.1) is 0 Å². The minimum atomic E-state index is 0.295. The minimum absolute atomic E-state index is 0.295. The number of hydrogen-bond acceptors (Lipinski definition) is 6. The van der Waals surface area contributed by atoms with Crippen LogP contribution >= 0.6 is 0 Å². The van der Waals surface area contributed by atoms with E-state index in [-0.39, 0.29) is 0 Å². The molecule has 0 N–H and O–H groups in total. The van der Waals surface area contributed by atoms with Crippen LogP contribution in [-0.4, -0.2) is 71.1 Å². The maximum atomic E-state index is 5.81. The average molecular weight is 304 g/mol. The topological polar surface area (TPSA) is 59.3 Å². The lowest BCUT2D eigenvalue weighted by Gasteiger charge is -2.28. The van der Waals surface area contributed by atoms with E-state index in [2.05, 4.69) is 39.0 Å². The third kappa shape index (κ3) is 3.20. The highest BCUT2D eigenvalue weighted by Crippen LogP contribution is 2.24. The van der Waals surface area contributed by atoms with Crippen molar-refractivity contribution in [2.24, 2.45) is 7.05 Å². The Balaban J connectivity index is 1.88. The van der Waals surface area contributed by atoms with E-state index in [0.717, 1.165) is 55.9 Å². The number of fused-ring (bicyclic) bond motifs is 1. The van der Waals surface area contributed by atoms with E-state index in [0.29, 0.717) is 6.10 Å². The van der Waals surface area contributed by atoms with Gasteiger partial charge in [-0.3, -0.25) is 4.68 Å². The summed E-state index contributed by atoms with van der Waals surface area (Å²) in [6, 6.07) is 0. The van der Waals surface area contributed by atoms with Crippen molar-refractivity contribution in [2.75, 3.05) is 45.2 Å². The predicted octanol–water partition coefficient (Wildman–Crippen LogP) is 0.910. The van der Waals surface area contributed by atoms with Crippen molar-refractivity contribution in [3.8, 4) is 0 Å². The zero-order valence-electron chi connectivity index (χ0n) is 13.6. The highest BCUT2D eigenvalue weighted by Gasteiger charge is 2.22. The average Bonchev–Trinajstić information content (AvgIpc) is 3.13. The first kappa shape index (κ1) is 15.2. The van der Waals surface area contributed by atoms with Gasteiger partial charge < -0.3 is 14.5 Å². The molecule has 0 radical (unpaired) electrons. The van der Waals surface area contributed by atoms with Gasteiger partial charge in [0.05, 0.1) is 17.7 Å². The summed E-state index contributed by atoms with van der Waals surface area (Å²) in [4.78, 5) is 13.4. The maximum absolute atomic E-state index is 5.81. The molecule has 1 aliphatic heterocycles. The Morgan fingerprint density at radius 1 is 1.32 bits per heavy atom. The van der Waals surface area contributed by atoms with Crippen LogP contribution in [0.15, 0.2) is 12.5 Å². The van der Waals surface area contributed by atoms with Crippen LogP contribution in [0.5, 0.6) is 0 Å². The third-order valence-corrected chi connectivity index (χ3v) is 4.07. The van der Waals surface area contributed by atoms with Crippen LogP contribution in [0.4, 0.5) is 5.82 Å². The fraction of sp³-hybridized carbons (Fsp3) is 0.667. The molecule has 0 aliphatic carbocycles. The molecule has 3 heterocycles. The van der Waals surface area contributed by atoms with Gasteiger partial charge in [0.25, 0.3) is 0 Å². The standard InChI is InChI=1S/C15H24N6O/c1-19(2)6-7-21(10-12-5-4-8-22-12)15-13-9-18-20(3)14(13)16-11-17-15/h9,11-12H,4-8,10H2,1-3H3/t12-/m1/s1.